The Labute approximate surface area is 172 Å². The van der Waals surface area contributed by atoms with Crippen LogP contribution in [0.1, 0.15) is 11.1 Å². The predicted molar refractivity (Wildman–Crippen MR) is 102 cm³/mol. The fourth-order valence-corrected chi connectivity index (χ4v) is 3.21. The Bertz CT molecular complexity index is 966. The van der Waals surface area contributed by atoms with Crippen molar-refractivity contribution in [3.05, 3.63) is 57.0 Å². The summed E-state index contributed by atoms with van der Waals surface area (Å²) in [6.45, 7) is -0.608. The van der Waals surface area contributed by atoms with Gasteiger partial charge in [0.05, 0.1) is 22.4 Å². The van der Waals surface area contributed by atoms with Crippen molar-refractivity contribution < 1.29 is 22.8 Å². The molecule has 0 radical (unpaired) electrons. The molecule has 0 saturated heterocycles. The summed E-state index contributed by atoms with van der Waals surface area (Å²) >= 11 is 7.00. The molecule has 1 aromatic carbocycles. The lowest BCUT2D eigenvalue weighted by Gasteiger charge is -2.10. The molecule has 0 atom stereocenters. The maximum Gasteiger partial charge on any atom is 0.416 e. The third kappa shape index (κ3) is 6.50. The van der Waals surface area contributed by atoms with Crippen LogP contribution in [0.15, 0.2) is 40.2 Å². The second-order valence-corrected chi connectivity index (χ2v) is 7.12. The van der Waals surface area contributed by atoms with E-state index in [1.165, 1.54) is 25.4 Å². The van der Waals surface area contributed by atoms with Crippen LogP contribution < -0.4 is 16.2 Å². The van der Waals surface area contributed by atoms with E-state index in [2.05, 4.69) is 15.7 Å². The first-order valence-electron chi connectivity index (χ1n) is 8.13. The van der Waals surface area contributed by atoms with Gasteiger partial charge >= 0.3 is 6.18 Å². The van der Waals surface area contributed by atoms with Crippen LogP contribution in [-0.2, 0) is 28.9 Å². The van der Waals surface area contributed by atoms with Crippen LogP contribution in [0.25, 0.3) is 0 Å². The first-order chi connectivity index (χ1) is 13.6. The molecule has 0 fully saturated rings. The topological polar surface area (TPSA) is 93.1 Å². The van der Waals surface area contributed by atoms with Crippen LogP contribution >= 0.6 is 23.4 Å². The number of alkyl halides is 3. The Hall–Kier alpha value is -2.53. The minimum Gasteiger partial charge on any atom is -0.358 e. The molecule has 2 aromatic rings. The maximum atomic E-state index is 12.7. The van der Waals surface area contributed by atoms with Gasteiger partial charge in [0.2, 0.25) is 11.8 Å². The van der Waals surface area contributed by atoms with Gasteiger partial charge in [-0.1, -0.05) is 23.7 Å². The van der Waals surface area contributed by atoms with Gasteiger partial charge < -0.3 is 10.6 Å². The lowest BCUT2D eigenvalue weighted by molar-refractivity contribution is -0.137. The number of thioether (sulfide) groups is 1. The lowest BCUT2D eigenvalue weighted by Crippen LogP contribution is -2.33. The number of carbonyl (C=O) groups is 2. The summed E-state index contributed by atoms with van der Waals surface area (Å²) in [7, 11) is 1.47. The second-order valence-electron chi connectivity index (χ2n) is 5.72. The molecule has 0 spiro atoms. The number of hydrogen-bond donors (Lipinski definition) is 2. The SMILES string of the molecule is CNC(=O)CSc1cnn(CC(=O)NCc2cccc(C(F)(F)F)c2)c(=O)c1Cl. The summed E-state index contributed by atoms with van der Waals surface area (Å²) in [5, 5.41) is 8.51. The van der Waals surface area contributed by atoms with Gasteiger partial charge in [-0.25, -0.2) is 4.68 Å². The van der Waals surface area contributed by atoms with Crippen molar-refractivity contribution in [2.45, 2.75) is 24.2 Å². The molecule has 1 heterocycles. The van der Waals surface area contributed by atoms with Gasteiger partial charge in [-0.15, -0.1) is 11.8 Å². The molecule has 2 amide bonds. The van der Waals surface area contributed by atoms with E-state index in [4.69, 9.17) is 11.6 Å². The quantitative estimate of drug-likeness (QED) is 0.632. The highest BCUT2D eigenvalue weighted by molar-refractivity contribution is 8.00. The molecule has 0 unspecified atom stereocenters. The van der Waals surface area contributed by atoms with Gasteiger partial charge in [0, 0.05) is 13.6 Å². The molecule has 29 heavy (non-hydrogen) atoms. The van der Waals surface area contributed by atoms with Gasteiger partial charge in [-0.05, 0) is 17.7 Å². The Morgan fingerprint density at radius 3 is 2.66 bits per heavy atom. The van der Waals surface area contributed by atoms with Crippen LogP contribution in [0, 0.1) is 0 Å². The van der Waals surface area contributed by atoms with E-state index in [1.54, 1.807) is 0 Å². The Morgan fingerprint density at radius 1 is 1.28 bits per heavy atom. The average molecular weight is 449 g/mol. The van der Waals surface area contributed by atoms with Crippen molar-refractivity contribution in [3.63, 3.8) is 0 Å². The Balaban J connectivity index is 2.00. The lowest BCUT2D eigenvalue weighted by atomic mass is 10.1. The Morgan fingerprint density at radius 2 is 2.00 bits per heavy atom. The summed E-state index contributed by atoms with van der Waals surface area (Å²) in [5.41, 5.74) is -1.28. The van der Waals surface area contributed by atoms with Crippen molar-refractivity contribution in [1.29, 1.82) is 0 Å². The highest BCUT2D eigenvalue weighted by atomic mass is 35.5. The van der Waals surface area contributed by atoms with E-state index in [0.717, 1.165) is 28.6 Å². The molecule has 0 bridgehead atoms. The smallest absolute Gasteiger partial charge is 0.358 e. The fourth-order valence-electron chi connectivity index (χ4n) is 2.13. The third-order valence-electron chi connectivity index (χ3n) is 3.63. The van der Waals surface area contributed by atoms with Gasteiger partial charge in [-0.2, -0.15) is 18.3 Å². The molecule has 12 heteroatoms. The zero-order valence-corrected chi connectivity index (χ0v) is 16.6. The fraction of sp³-hybridized carbons (Fsp3) is 0.294. The first kappa shape index (κ1) is 22.8. The molecule has 0 aliphatic rings. The Kier molecular flexibility index (Phi) is 7.68. The van der Waals surface area contributed by atoms with E-state index in [9.17, 15) is 27.6 Å². The molecule has 1 aromatic heterocycles. The van der Waals surface area contributed by atoms with Crippen molar-refractivity contribution in [1.82, 2.24) is 20.4 Å². The van der Waals surface area contributed by atoms with Crippen LogP contribution in [0.2, 0.25) is 5.02 Å². The molecule has 0 aliphatic heterocycles. The largest absolute Gasteiger partial charge is 0.416 e. The van der Waals surface area contributed by atoms with Crippen LogP contribution in [-0.4, -0.2) is 34.4 Å². The summed E-state index contributed by atoms with van der Waals surface area (Å²) in [6, 6.07) is 4.54. The second kappa shape index (κ2) is 9.79. The summed E-state index contributed by atoms with van der Waals surface area (Å²) in [6.07, 6.45) is -3.22. The number of hydrogen-bond acceptors (Lipinski definition) is 5. The molecular weight excluding hydrogens is 433 g/mol. The number of benzene rings is 1. The number of rotatable bonds is 7. The van der Waals surface area contributed by atoms with Crippen LogP contribution in [0.3, 0.4) is 0 Å². The number of aromatic nitrogens is 2. The zero-order valence-electron chi connectivity index (χ0n) is 15.0. The van der Waals surface area contributed by atoms with E-state index < -0.39 is 29.8 Å². The summed E-state index contributed by atoms with van der Waals surface area (Å²) < 4.78 is 39.0. The van der Waals surface area contributed by atoms with Gasteiger partial charge in [0.25, 0.3) is 5.56 Å². The minimum absolute atomic E-state index is 0.0405. The highest BCUT2D eigenvalue weighted by Gasteiger charge is 2.30. The maximum absolute atomic E-state index is 12.7. The van der Waals surface area contributed by atoms with E-state index in [1.807, 2.05) is 0 Å². The van der Waals surface area contributed by atoms with Crippen LogP contribution in [0.4, 0.5) is 13.2 Å². The van der Waals surface area contributed by atoms with E-state index in [0.29, 0.717) is 4.90 Å². The molecule has 0 saturated carbocycles. The number of nitrogens with one attached hydrogen (secondary N) is 2. The zero-order chi connectivity index (χ0) is 21.6. The summed E-state index contributed by atoms with van der Waals surface area (Å²) in [5.74, 6) is -0.846. The molecule has 7 nitrogen and oxygen atoms in total. The summed E-state index contributed by atoms with van der Waals surface area (Å²) in [4.78, 5) is 35.8. The average Bonchev–Trinajstić information content (AvgIpc) is 2.68. The number of amides is 2. The number of nitrogens with zero attached hydrogens (tertiary/aromatic N) is 2. The van der Waals surface area contributed by atoms with Crippen molar-refractivity contribution in [2.75, 3.05) is 12.8 Å². The third-order valence-corrected chi connectivity index (χ3v) is 5.13. The van der Waals surface area contributed by atoms with Crippen molar-refractivity contribution in [3.8, 4) is 0 Å². The molecular formula is C17H16ClF3N4O3S. The number of halogens is 4. The normalized spacial score (nSPS) is 11.2. The number of carbonyl (C=O) groups excluding carboxylic acids is 2. The van der Waals surface area contributed by atoms with Crippen LogP contribution in [0.5, 0.6) is 0 Å². The predicted octanol–water partition coefficient (Wildman–Crippen LogP) is 2.07. The standard InChI is InChI=1S/C17H16ClF3N4O3S/c1-22-14(27)9-29-12-7-24-25(16(28)15(12)18)8-13(26)23-6-10-3-2-4-11(5-10)17(19,20)21/h2-5,7H,6,8-9H2,1H3,(H,22,27)(H,23,26). The van der Waals surface area contributed by atoms with Gasteiger partial charge in [-0.3, -0.25) is 14.4 Å². The van der Waals surface area contributed by atoms with Crippen molar-refractivity contribution >= 4 is 35.2 Å². The van der Waals surface area contributed by atoms with Crippen molar-refractivity contribution in [2.24, 2.45) is 0 Å². The molecule has 156 valence electrons. The van der Waals surface area contributed by atoms with E-state index in [-0.39, 0.29) is 28.8 Å². The molecule has 2 rings (SSSR count). The van der Waals surface area contributed by atoms with Gasteiger partial charge in [0.1, 0.15) is 11.6 Å². The monoisotopic (exact) mass is 448 g/mol. The first-order valence-corrected chi connectivity index (χ1v) is 9.50. The van der Waals surface area contributed by atoms with Gasteiger partial charge in [0.15, 0.2) is 0 Å². The van der Waals surface area contributed by atoms with E-state index >= 15 is 0 Å². The molecule has 2 N–H and O–H groups in total. The molecule has 0 aliphatic carbocycles. The minimum atomic E-state index is -4.48. The highest BCUT2D eigenvalue weighted by Crippen LogP contribution is 2.29.